The van der Waals surface area contributed by atoms with Crippen LogP contribution in [-0.4, -0.2) is 91.2 Å². The molecule has 2 saturated carbocycles. The van der Waals surface area contributed by atoms with E-state index >= 15 is 0 Å². The second-order valence-corrected chi connectivity index (χ2v) is 16.7. The zero-order valence-electron chi connectivity index (χ0n) is 31.2. The molecule has 0 bridgehead atoms. The van der Waals surface area contributed by atoms with Crippen molar-refractivity contribution in [2.75, 3.05) is 40.0 Å². The van der Waals surface area contributed by atoms with E-state index in [-0.39, 0.29) is 23.8 Å². The summed E-state index contributed by atoms with van der Waals surface area (Å²) in [5.41, 5.74) is -0.542. The van der Waals surface area contributed by atoms with Crippen molar-refractivity contribution in [3.8, 4) is 0 Å². The maximum absolute atomic E-state index is 13.9. The van der Waals surface area contributed by atoms with Crippen molar-refractivity contribution >= 4 is 29.5 Å². The van der Waals surface area contributed by atoms with E-state index in [4.69, 9.17) is 21.3 Å². The normalized spacial score (nSPS) is 22.3. The highest BCUT2D eigenvalue weighted by Crippen LogP contribution is 2.31. The van der Waals surface area contributed by atoms with Crippen molar-refractivity contribution < 1.29 is 23.9 Å². The highest BCUT2D eigenvalue weighted by molar-refractivity contribution is 6.14. The van der Waals surface area contributed by atoms with Crippen LogP contribution in [0.4, 0.5) is 0 Å². The Balaban J connectivity index is 1.45. The zero-order chi connectivity index (χ0) is 35.1. The second-order valence-electron chi connectivity index (χ2n) is 16.2. The van der Waals surface area contributed by atoms with Crippen LogP contribution in [0.5, 0.6) is 0 Å². The summed E-state index contributed by atoms with van der Waals surface area (Å²) in [6, 6.07) is -1.98. The van der Waals surface area contributed by atoms with Crippen molar-refractivity contribution in [3.63, 3.8) is 0 Å². The maximum atomic E-state index is 13.9. The lowest BCUT2D eigenvalue weighted by atomic mass is 9.81. The molecule has 3 rings (SSSR count). The summed E-state index contributed by atoms with van der Waals surface area (Å²) in [6.45, 7) is 13.3. The van der Waals surface area contributed by atoms with Gasteiger partial charge in [-0.25, -0.2) is 4.42 Å². The molecule has 0 unspecified atom stereocenters. The molecule has 5 atom stereocenters. The standard InChI is InChI=1S/C38H69ClN4O5/c1-28(30-18-11-9-12-19-30)26-47-24-15-7-8-16-25-48-27-32(31-20-13-10-14-21-31)40-36(45)33-22-17-23-43(33)37(46)34(38(3,4)5)41-35(44)29(2)42(6)39/h28-34H,7-27H2,1-6H3,(H,40,45)(H,41,44)/t28-,29+,32-,33+,34-/m1/s1. The minimum Gasteiger partial charge on any atom is -0.381 e. The molecule has 3 amide bonds. The lowest BCUT2D eigenvalue weighted by Gasteiger charge is -2.37. The van der Waals surface area contributed by atoms with Crippen LogP contribution in [0.25, 0.3) is 0 Å². The molecule has 0 aromatic heterocycles. The van der Waals surface area contributed by atoms with Gasteiger partial charge in [0.2, 0.25) is 17.7 Å². The third-order valence-electron chi connectivity index (χ3n) is 11.2. The van der Waals surface area contributed by atoms with E-state index in [9.17, 15) is 14.4 Å². The third-order valence-corrected chi connectivity index (χ3v) is 11.5. The van der Waals surface area contributed by atoms with E-state index < -0.39 is 23.5 Å². The average molecular weight is 697 g/mol. The van der Waals surface area contributed by atoms with E-state index in [0.717, 1.165) is 64.1 Å². The number of likely N-dealkylation sites (tertiary alicyclic amines) is 1. The number of nitrogens with one attached hydrogen (secondary N) is 2. The van der Waals surface area contributed by atoms with Gasteiger partial charge in [-0.2, -0.15) is 0 Å². The molecule has 0 radical (unpaired) electrons. The number of hydrogen-bond donors (Lipinski definition) is 2. The number of hydrogen-bond acceptors (Lipinski definition) is 6. The Morgan fingerprint density at radius 3 is 1.92 bits per heavy atom. The summed E-state index contributed by atoms with van der Waals surface area (Å²) in [4.78, 5) is 42.3. The summed E-state index contributed by atoms with van der Waals surface area (Å²) in [6.07, 6.45) is 18.4. The van der Waals surface area contributed by atoms with Crippen molar-refractivity contribution in [2.24, 2.45) is 23.2 Å². The molecule has 0 aromatic carbocycles. The van der Waals surface area contributed by atoms with E-state index in [1.165, 1.54) is 55.8 Å². The van der Waals surface area contributed by atoms with E-state index in [1.807, 2.05) is 20.8 Å². The summed E-state index contributed by atoms with van der Waals surface area (Å²) < 4.78 is 13.5. The Bertz CT molecular complexity index is 963. The predicted molar refractivity (Wildman–Crippen MR) is 194 cm³/mol. The number of ether oxygens (including phenoxy) is 2. The van der Waals surface area contributed by atoms with Gasteiger partial charge in [0.1, 0.15) is 18.1 Å². The highest BCUT2D eigenvalue weighted by atomic mass is 35.5. The Morgan fingerprint density at radius 2 is 1.35 bits per heavy atom. The molecule has 1 heterocycles. The Kier molecular flexibility index (Phi) is 18.0. The Labute approximate surface area is 297 Å². The fraction of sp³-hybridized carbons (Fsp3) is 0.921. The molecule has 48 heavy (non-hydrogen) atoms. The van der Waals surface area contributed by atoms with Gasteiger partial charge >= 0.3 is 0 Å². The smallest absolute Gasteiger partial charge is 0.246 e. The van der Waals surface area contributed by atoms with Crippen molar-refractivity contribution in [1.82, 2.24) is 20.0 Å². The number of carbonyl (C=O) groups is 3. The van der Waals surface area contributed by atoms with Gasteiger partial charge in [0.15, 0.2) is 0 Å². The minimum atomic E-state index is -0.772. The maximum Gasteiger partial charge on any atom is 0.246 e. The molecule has 0 spiro atoms. The summed E-state index contributed by atoms with van der Waals surface area (Å²) in [5, 5.41) is 6.26. The molecule has 2 N–H and O–H groups in total. The van der Waals surface area contributed by atoms with Gasteiger partial charge in [-0.15, -0.1) is 0 Å². The van der Waals surface area contributed by atoms with Gasteiger partial charge in [0, 0.05) is 33.4 Å². The van der Waals surface area contributed by atoms with Crippen LogP contribution in [0.1, 0.15) is 137 Å². The van der Waals surface area contributed by atoms with E-state index in [1.54, 1.807) is 18.9 Å². The van der Waals surface area contributed by atoms with Crippen LogP contribution >= 0.6 is 11.8 Å². The first-order chi connectivity index (χ1) is 22.9. The summed E-state index contributed by atoms with van der Waals surface area (Å²) in [5.74, 6) is 1.28. The largest absolute Gasteiger partial charge is 0.381 e. The van der Waals surface area contributed by atoms with Gasteiger partial charge in [-0.05, 0) is 80.4 Å². The number of nitrogens with zero attached hydrogens (tertiary/aromatic N) is 2. The van der Waals surface area contributed by atoms with Crippen LogP contribution in [-0.2, 0) is 23.9 Å². The molecule has 0 aromatic rings. The van der Waals surface area contributed by atoms with Crippen molar-refractivity contribution in [3.05, 3.63) is 0 Å². The third kappa shape index (κ3) is 13.4. The first-order valence-electron chi connectivity index (χ1n) is 19.4. The van der Waals surface area contributed by atoms with E-state index in [0.29, 0.717) is 38.0 Å². The minimum absolute atomic E-state index is 0.0619. The van der Waals surface area contributed by atoms with Gasteiger partial charge in [-0.1, -0.05) is 91.9 Å². The molecular weight excluding hydrogens is 628 g/mol. The molecule has 3 fully saturated rings. The fourth-order valence-corrected chi connectivity index (χ4v) is 7.82. The molecule has 1 aliphatic heterocycles. The van der Waals surface area contributed by atoms with Gasteiger partial charge in [-0.3, -0.25) is 14.4 Å². The van der Waals surface area contributed by atoms with Crippen LogP contribution in [0.2, 0.25) is 0 Å². The van der Waals surface area contributed by atoms with Crippen LogP contribution in [0.15, 0.2) is 0 Å². The molecule has 1 saturated heterocycles. The van der Waals surface area contributed by atoms with Crippen molar-refractivity contribution in [2.45, 2.75) is 162 Å². The number of rotatable bonds is 19. The summed E-state index contributed by atoms with van der Waals surface area (Å²) in [7, 11) is 1.61. The number of carbonyl (C=O) groups excluding carboxylic acids is 3. The molecule has 3 aliphatic rings. The highest BCUT2D eigenvalue weighted by Gasteiger charge is 2.43. The average Bonchev–Trinajstić information content (AvgIpc) is 3.57. The van der Waals surface area contributed by atoms with E-state index in [2.05, 4.69) is 17.6 Å². The zero-order valence-corrected chi connectivity index (χ0v) is 32.0. The van der Waals surface area contributed by atoms with Gasteiger partial charge < -0.3 is 25.0 Å². The lowest BCUT2D eigenvalue weighted by molar-refractivity contribution is -0.144. The molecule has 278 valence electrons. The first-order valence-corrected chi connectivity index (χ1v) is 19.7. The second kappa shape index (κ2) is 21.1. The molecule has 10 heteroatoms. The van der Waals surface area contributed by atoms with Gasteiger partial charge in [0.05, 0.1) is 12.6 Å². The van der Waals surface area contributed by atoms with Crippen molar-refractivity contribution in [1.29, 1.82) is 0 Å². The number of halogens is 1. The van der Waals surface area contributed by atoms with Gasteiger partial charge in [0.25, 0.3) is 0 Å². The summed E-state index contributed by atoms with van der Waals surface area (Å²) >= 11 is 6.03. The predicted octanol–water partition coefficient (Wildman–Crippen LogP) is 6.86. The van der Waals surface area contributed by atoms with Crippen LogP contribution in [0, 0.1) is 23.2 Å². The SMILES string of the molecule is C[C@H](COCCCCCCOC[C@@H](NC(=O)[C@@H]1CCCN1C(=O)[C@@H](NC(=O)[C@H](C)N(C)Cl)C(C)(C)C)C1CCCCC1)C1CCCCC1. The topological polar surface area (TPSA) is 100 Å². The molecular formula is C38H69ClN4O5. The molecule has 2 aliphatic carbocycles. The number of amides is 3. The molecule has 9 nitrogen and oxygen atoms in total. The van der Waals surface area contributed by atoms with Crippen LogP contribution < -0.4 is 10.6 Å². The number of likely N-dealkylation sites (N-methyl/N-ethyl adjacent to an activating group) is 1. The number of unbranched alkanes of at least 4 members (excludes halogenated alkanes) is 3. The quantitative estimate of drug-likeness (QED) is 0.113. The monoisotopic (exact) mass is 696 g/mol. The lowest BCUT2D eigenvalue weighted by Crippen LogP contribution is -2.60. The fourth-order valence-electron chi connectivity index (χ4n) is 7.73. The van der Waals surface area contributed by atoms with Crippen LogP contribution in [0.3, 0.4) is 0 Å². The Hall–Kier alpha value is -1.42. The Morgan fingerprint density at radius 1 is 0.792 bits per heavy atom. The first kappa shape index (κ1) is 41.0.